The van der Waals surface area contributed by atoms with E-state index in [0.717, 1.165) is 47.4 Å². The Morgan fingerprint density at radius 1 is 1.21 bits per heavy atom. The fourth-order valence-corrected chi connectivity index (χ4v) is 4.51. The van der Waals surface area contributed by atoms with Crippen LogP contribution in [0.2, 0.25) is 0 Å². The number of amides is 1. The van der Waals surface area contributed by atoms with Crippen molar-refractivity contribution in [2.45, 2.75) is 13.0 Å². The molecule has 1 atom stereocenters. The van der Waals surface area contributed by atoms with Crippen LogP contribution in [0.4, 0.5) is 5.95 Å². The molecule has 1 saturated heterocycles. The average Bonchev–Trinajstić information content (AvgIpc) is 3.18. The minimum Gasteiger partial charge on any atom is -0.332 e. The van der Waals surface area contributed by atoms with Crippen molar-refractivity contribution in [3.05, 3.63) is 47.7 Å². The molecule has 8 heteroatoms. The first-order valence-corrected chi connectivity index (χ1v) is 10.4. The molecule has 0 unspecified atom stereocenters. The number of piperazine rings is 1. The van der Waals surface area contributed by atoms with E-state index in [0.29, 0.717) is 6.54 Å². The van der Waals surface area contributed by atoms with E-state index in [1.807, 2.05) is 36.2 Å². The van der Waals surface area contributed by atoms with Gasteiger partial charge in [-0.2, -0.15) is 0 Å². The lowest BCUT2D eigenvalue weighted by atomic mass is 10.2. The number of hydrogen-bond acceptors (Lipinski definition) is 6. The monoisotopic (exact) mass is 397 g/mol. The van der Waals surface area contributed by atoms with Crippen molar-refractivity contribution in [1.29, 1.82) is 0 Å². The van der Waals surface area contributed by atoms with Crippen molar-refractivity contribution < 1.29 is 9.69 Å². The van der Waals surface area contributed by atoms with Gasteiger partial charge in [0.15, 0.2) is 6.54 Å². The largest absolute Gasteiger partial charge is 0.332 e. The molecule has 2 aromatic heterocycles. The first-order chi connectivity index (χ1) is 13.6. The van der Waals surface area contributed by atoms with Crippen LogP contribution in [0.3, 0.4) is 0 Å². The number of aromatic nitrogens is 3. The number of anilines is 1. The molecule has 0 bridgehead atoms. The Hall–Kier alpha value is -2.58. The number of nitrogens with zero attached hydrogens (tertiary/aromatic N) is 5. The number of benzene rings is 1. The molecular formula is C20H25N6OS+. The van der Waals surface area contributed by atoms with Crippen molar-refractivity contribution in [3.63, 3.8) is 0 Å². The minimum atomic E-state index is -0.0247. The van der Waals surface area contributed by atoms with Gasteiger partial charge >= 0.3 is 0 Å². The Bertz CT molecular complexity index is 905. The summed E-state index contributed by atoms with van der Waals surface area (Å²) in [5, 5.41) is 0.984. The molecule has 1 aliphatic heterocycles. The van der Waals surface area contributed by atoms with Gasteiger partial charge in [0.2, 0.25) is 5.95 Å². The first kappa shape index (κ1) is 18.8. The summed E-state index contributed by atoms with van der Waals surface area (Å²) in [6, 6.07) is 9.91. The summed E-state index contributed by atoms with van der Waals surface area (Å²) in [6.07, 6.45) is 3.53. The van der Waals surface area contributed by atoms with Gasteiger partial charge < -0.3 is 14.7 Å². The van der Waals surface area contributed by atoms with Crippen LogP contribution < -0.4 is 9.80 Å². The van der Waals surface area contributed by atoms with Gasteiger partial charge in [-0.15, -0.1) is 11.3 Å². The molecule has 4 rings (SSSR count). The second-order valence-corrected chi connectivity index (χ2v) is 8.23. The Morgan fingerprint density at radius 2 is 1.93 bits per heavy atom. The molecule has 1 fully saturated rings. The molecule has 1 amide bonds. The van der Waals surface area contributed by atoms with Crippen molar-refractivity contribution in [2.75, 3.05) is 44.7 Å². The quantitative estimate of drug-likeness (QED) is 0.696. The number of nitrogens with one attached hydrogen (secondary N) is 1. The Morgan fingerprint density at radius 3 is 2.64 bits per heavy atom. The van der Waals surface area contributed by atoms with E-state index in [1.165, 1.54) is 4.90 Å². The number of carbonyl (C=O) groups excluding carboxylic acids is 1. The van der Waals surface area contributed by atoms with Crippen LogP contribution in [0.15, 0.2) is 42.7 Å². The molecule has 0 aliphatic carbocycles. The van der Waals surface area contributed by atoms with Gasteiger partial charge in [0.25, 0.3) is 5.91 Å². The normalized spacial score (nSPS) is 16.3. The number of carbonyl (C=O) groups is 1. The SMILES string of the molecule is C[C@@H](c1nc2ccccc2s1)N(C)C(=O)C[NH+]1CCN(c2ncccn2)CC1. The third kappa shape index (κ3) is 3.98. The van der Waals surface area contributed by atoms with Crippen molar-refractivity contribution in [2.24, 2.45) is 0 Å². The van der Waals surface area contributed by atoms with Gasteiger partial charge in [0.05, 0.1) is 42.4 Å². The van der Waals surface area contributed by atoms with Crippen molar-refractivity contribution >= 4 is 33.4 Å². The zero-order chi connectivity index (χ0) is 19.5. The third-order valence-corrected chi connectivity index (χ3v) is 6.56. The summed E-state index contributed by atoms with van der Waals surface area (Å²) in [6.45, 7) is 6.11. The maximum Gasteiger partial charge on any atom is 0.278 e. The van der Waals surface area contributed by atoms with Crippen LogP contribution >= 0.6 is 11.3 Å². The molecule has 1 aliphatic rings. The van der Waals surface area contributed by atoms with Crippen LogP contribution in [-0.2, 0) is 4.79 Å². The summed E-state index contributed by atoms with van der Waals surface area (Å²) >= 11 is 1.66. The first-order valence-electron chi connectivity index (χ1n) is 9.58. The fraction of sp³-hybridized carbons (Fsp3) is 0.400. The third-order valence-electron chi connectivity index (χ3n) is 5.35. The maximum atomic E-state index is 12.8. The minimum absolute atomic E-state index is 0.0247. The van der Waals surface area contributed by atoms with E-state index in [4.69, 9.17) is 4.98 Å². The Balaban J connectivity index is 1.33. The van der Waals surface area contributed by atoms with E-state index in [1.54, 1.807) is 23.7 Å². The van der Waals surface area contributed by atoms with Crippen LogP contribution in [0.1, 0.15) is 18.0 Å². The Labute approximate surface area is 168 Å². The highest BCUT2D eigenvalue weighted by molar-refractivity contribution is 7.18. The fourth-order valence-electron chi connectivity index (χ4n) is 3.44. The number of likely N-dealkylation sites (N-methyl/N-ethyl adjacent to an activating group) is 1. The molecule has 3 heterocycles. The van der Waals surface area contributed by atoms with Gasteiger partial charge in [0, 0.05) is 19.4 Å². The predicted octanol–water partition coefficient (Wildman–Crippen LogP) is 1.01. The maximum absolute atomic E-state index is 12.8. The van der Waals surface area contributed by atoms with E-state index < -0.39 is 0 Å². The lowest BCUT2D eigenvalue weighted by Gasteiger charge is -2.33. The second-order valence-electron chi connectivity index (χ2n) is 7.16. The van der Waals surface area contributed by atoms with Crippen molar-refractivity contribution in [3.8, 4) is 0 Å². The van der Waals surface area contributed by atoms with Gasteiger partial charge in [-0.1, -0.05) is 12.1 Å². The number of para-hydroxylation sites is 1. The van der Waals surface area contributed by atoms with Crippen LogP contribution in [0, 0.1) is 0 Å². The molecule has 0 saturated carbocycles. The summed E-state index contributed by atoms with van der Waals surface area (Å²) in [5.74, 6) is 0.931. The van der Waals surface area contributed by atoms with E-state index in [2.05, 4.69) is 27.9 Å². The molecule has 1 N–H and O–H groups in total. The molecule has 1 aromatic carbocycles. The number of rotatable bonds is 5. The second kappa shape index (κ2) is 8.20. The number of thiazole rings is 1. The zero-order valence-electron chi connectivity index (χ0n) is 16.2. The van der Waals surface area contributed by atoms with Gasteiger partial charge in [-0.3, -0.25) is 4.79 Å². The lowest BCUT2D eigenvalue weighted by molar-refractivity contribution is -0.892. The Kier molecular flexibility index (Phi) is 5.50. The lowest BCUT2D eigenvalue weighted by Crippen LogP contribution is -3.15. The molecule has 7 nitrogen and oxygen atoms in total. The summed E-state index contributed by atoms with van der Waals surface area (Å²) in [4.78, 5) is 31.5. The van der Waals surface area contributed by atoms with Gasteiger partial charge in [0.1, 0.15) is 5.01 Å². The number of quaternary nitrogens is 1. The molecule has 0 radical (unpaired) electrons. The van der Waals surface area contributed by atoms with Crippen LogP contribution in [-0.4, -0.2) is 65.5 Å². The topological polar surface area (TPSA) is 66.7 Å². The zero-order valence-corrected chi connectivity index (χ0v) is 17.0. The standard InChI is InChI=1S/C20H24N6OS/c1-15(19-23-16-6-3-4-7-17(16)28-19)24(2)18(27)14-25-10-12-26(13-11-25)20-21-8-5-9-22-20/h3-9,15H,10-14H2,1-2H3/p+1/t15-/m0/s1. The van der Waals surface area contributed by atoms with Crippen LogP contribution in [0.25, 0.3) is 10.2 Å². The average molecular weight is 398 g/mol. The van der Waals surface area contributed by atoms with Crippen LogP contribution in [0.5, 0.6) is 0 Å². The summed E-state index contributed by atoms with van der Waals surface area (Å²) in [7, 11) is 1.88. The highest BCUT2D eigenvalue weighted by Crippen LogP contribution is 2.28. The van der Waals surface area contributed by atoms with Gasteiger partial charge in [-0.05, 0) is 25.1 Å². The van der Waals surface area contributed by atoms with E-state index in [-0.39, 0.29) is 11.9 Å². The predicted molar refractivity (Wildman–Crippen MR) is 111 cm³/mol. The smallest absolute Gasteiger partial charge is 0.278 e. The number of fused-ring (bicyclic) bond motifs is 1. The molecule has 146 valence electrons. The molecule has 0 spiro atoms. The molecule has 3 aromatic rings. The van der Waals surface area contributed by atoms with Crippen molar-refractivity contribution in [1.82, 2.24) is 19.9 Å². The highest BCUT2D eigenvalue weighted by Gasteiger charge is 2.27. The van der Waals surface area contributed by atoms with Gasteiger partial charge in [-0.25, -0.2) is 15.0 Å². The number of hydrogen-bond donors (Lipinski definition) is 1. The molecule has 28 heavy (non-hydrogen) atoms. The van der Waals surface area contributed by atoms with E-state index in [9.17, 15) is 4.79 Å². The highest BCUT2D eigenvalue weighted by atomic mass is 32.1. The molecular weight excluding hydrogens is 372 g/mol. The summed E-state index contributed by atoms with van der Waals surface area (Å²) in [5.41, 5.74) is 1.00. The summed E-state index contributed by atoms with van der Waals surface area (Å²) < 4.78 is 1.16. The van der Waals surface area contributed by atoms with E-state index >= 15 is 0 Å².